The average molecular weight is 223 g/mol. The number of carbonyl (C=O) groups excluding carboxylic acids is 1. The SMILES string of the molecule is NC(=O)c1ccc2c(c1)C(=S)OC2=S. The summed E-state index contributed by atoms with van der Waals surface area (Å²) in [5, 5.41) is 0.647. The maximum Gasteiger partial charge on any atom is 0.248 e. The highest BCUT2D eigenvalue weighted by atomic mass is 32.1. The van der Waals surface area contributed by atoms with Gasteiger partial charge in [0.05, 0.1) is 0 Å². The number of primary amides is 1. The molecule has 1 aromatic carbocycles. The first-order valence-corrected chi connectivity index (χ1v) is 4.61. The van der Waals surface area contributed by atoms with E-state index in [1.54, 1.807) is 18.2 Å². The fourth-order valence-electron chi connectivity index (χ4n) is 1.24. The molecule has 5 heteroatoms. The van der Waals surface area contributed by atoms with E-state index in [1.165, 1.54) is 0 Å². The lowest BCUT2D eigenvalue weighted by Crippen LogP contribution is -2.11. The number of ether oxygens (including phenoxy) is 1. The molecule has 0 radical (unpaired) electrons. The molecule has 0 saturated heterocycles. The van der Waals surface area contributed by atoms with Crippen molar-refractivity contribution in [2.75, 3.05) is 0 Å². The largest absolute Gasteiger partial charge is 0.433 e. The predicted octanol–water partition coefficient (Wildman–Crippen LogP) is 1.17. The van der Waals surface area contributed by atoms with Crippen molar-refractivity contribution in [2.24, 2.45) is 5.73 Å². The summed E-state index contributed by atoms with van der Waals surface area (Å²) in [6, 6.07) is 4.89. The van der Waals surface area contributed by atoms with E-state index in [4.69, 9.17) is 34.9 Å². The van der Waals surface area contributed by atoms with Crippen molar-refractivity contribution in [1.29, 1.82) is 0 Å². The van der Waals surface area contributed by atoms with E-state index < -0.39 is 5.91 Å². The first-order chi connectivity index (χ1) is 6.59. The third-order valence-corrected chi connectivity index (χ3v) is 2.54. The van der Waals surface area contributed by atoms with Crippen LogP contribution < -0.4 is 5.73 Å². The highest BCUT2D eigenvalue weighted by Crippen LogP contribution is 2.22. The van der Waals surface area contributed by atoms with Crippen LogP contribution in [0.15, 0.2) is 18.2 Å². The molecule has 0 bridgehead atoms. The molecule has 1 aliphatic heterocycles. The van der Waals surface area contributed by atoms with Gasteiger partial charge in [-0.1, -0.05) is 0 Å². The summed E-state index contributed by atoms with van der Waals surface area (Å²) in [4.78, 5) is 10.9. The molecule has 14 heavy (non-hydrogen) atoms. The van der Waals surface area contributed by atoms with E-state index in [0.717, 1.165) is 5.56 Å². The van der Waals surface area contributed by atoms with Gasteiger partial charge in [-0.3, -0.25) is 4.79 Å². The molecule has 1 amide bonds. The maximum atomic E-state index is 10.9. The molecule has 0 saturated carbocycles. The van der Waals surface area contributed by atoms with Crippen molar-refractivity contribution in [1.82, 2.24) is 0 Å². The van der Waals surface area contributed by atoms with E-state index >= 15 is 0 Å². The van der Waals surface area contributed by atoms with Gasteiger partial charge in [0.25, 0.3) is 0 Å². The smallest absolute Gasteiger partial charge is 0.248 e. The van der Waals surface area contributed by atoms with Crippen molar-refractivity contribution < 1.29 is 9.53 Å². The number of benzene rings is 1. The quantitative estimate of drug-likeness (QED) is 0.726. The van der Waals surface area contributed by atoms with Gasteiger partial charge in [-0.25, -0.2) is 0 Å². The van der Waals surface area contributed by atoms with Crippen molar-refractivity contribution in [3.63, 3.8) is 0 Å². The molecule has 0 aliphatic carbocycles. The van der Waals surface area contributed by atoms with Crippen molar-refractivity contribution in [3.8, 4) is 0 Å². The third kappa shape index (κ3) is 1.30. The molecule has 0 fully saturated rings. The van der Waals surface area contributed by atoms with E-state index in [0.29, 0.717) is 21.2 Å². The number of amides is 1. The van der Waals surface area contributed by atoms with Crippen LogP contribution in [0.25, 0.3) is 0 Å². The summed E-state index contributed by atoms with van der Waals surface area (Å²) < 4.78 is 5.08. The Bertz CT molecular complexity index is 468. The van der Waals surface area contributed by atoms with Crippen LogP contribution in [0.4, 0.5) is 0 Å². The standard InChI is InChI=1S/C9H5NO2S2/c10-7(11)4-1-2-5-6(3-4)9(14)12-8(5)13/h1-3H,(H2,10,11). The van der Waals surface area contributed by atoms with Crippen LogP contribution in [0.5, 0.6) is 0 Å². The normalized spacial score (nSPS) is 13.7. The minimum Gasteiger partial charge on any atom is -0.433 e. The summed E-state index contributed by atoms with van der Waals surface area (Å²) in [7, 11) is 0. The molecule has 0 aromatic heterocycles. The molecule has 2 rings (SSSR count). The minimum absolute atomic E-state index is 0.299. The Morgan fingerprint density at radius 3 is 2.50 bits per heavy atom. The van der Waals surface area contributed by atoms with Crippen LogP contribution in [0.2, 0.25) is 0 Å². The van der Waals surface area contributed by atoms with Gasteiger partial charge < -0.3 is 10.5 Å². The van der Waals surface area contributed by atoms with Crippen molar-refractivity contribution in [2.45, 2.75) is 0 Å². The zero-order valence-corrected chi connectivity index (χ0v) is 8.58. The monoisotopic (exact) mass is 223 g/mol. The Hall–Kier alpha value is -1.33. The van der Waals surface area contributed by atoms with E-state index in [1.807, 2.05) is 0 Å². The molecule has 1 heterocycles. The van der Waals surface area contributed by atoms with Crippen LogP contribution in [0, 0.1) is 0 Å². The Labute approximate surface area is 90.9 Å². The van der Waals surface area contributed by atoms with Gasteiger partial charge in [-0.05, 0) is 42.6 Å². The number of fused-ring (bicyclic) bond motifs is 1. The lowest BCUT2D eigenvalue weighted by Gasteiger charge is -1.97. The number of carbonyl (C=O) groups is 1. The zero-order chi connectivity index (χ0) is 10.3. The molecule has 3 nitrogen and oxygen atoms in total. The maximum absolute atomic E-state index is 10.9. The lowest BCUT2D eigenvalue weighted by atomic mass is 10.1. The first kappa shape index (κ1) is 9.23. The average Bonchev–Trinajstić information content (AvgIpc) is 2.42. The number of hydrogen-bond donors (Lipinski definition) is 1. The fourth-order valence-corrected chi connectivity index (χ4v) is 1.80. The van der Waals surface area contributed by atoms with Gasteiger partial charge in [-0.15, -0.1) is 0 Å². The van der Waals surface area contributed by atoms with Gasteiger partial charge in [0.15, 0.2) is 10.1 Å². The number of hydrogen-bond acceptors (Lipinski definition) is 4. The molecule has 1 aliphatic rings. The zero-order valence-electron chi connectivity index (χ0n) is 6.94. The second-order valence-electron chi connectivity index (χ2n) is 2.80. The molecule has 1 aromatic rings. The van der Waals surface area contributed by atoms with Gasteiger partial charge in [-0.2, -0.15) is 0 Å². The van der Waals surface area contributed by atoms with Crippen LogP contribution >= 0.6 is 24.4 Å². The summed E-state index contributed by atoms with van der Waals surface area (Å²) in [5.74, 6) is -0.492. The van der Waals surface area contributed by atoms with Gasteiger partial charge in [0.2, 0.25) is 5.91 Å². The van der Waals surface area contributed by atoms with Crippen molar-refractivity contribution >= 4 is 40.4 Å². The van der Waals surface area contributed by atoms with E-state index in [2.05, 4.69) is 0 Å². The van der Waals surface area contributed by atoms with Crippen molar-refractivity contribution in [3.05, 3.63) is 34.9 Å². The minimum atomic E-state index is -0.492. The molecular weight excluding hydrogens is 218 g/mol. The number of nitrogens with two attached hydrogens (primary N) is 1. The van der Waals surface area contributed by atoms with E-state index in [-0.39, 0.29) is 0 Å². The number of thiocarbonyl (C=S) groups is 2. The summed E-state index contributed by atoms with van der Waals surface area (Å²) in [6.45, 7) is 0. The predicted molar refractivity (Wildman–Crippen MR) is 59.4 cm³/mol. The molecule has 0 unspecified atom stereocenters. The summed E-state index contributed by atoms with van der Waals surface area (Å²) in [6.07, 6.45) is 0. The molecular formula is C9H5NO2S2. The molecule has 0 atom stereocenters. The summed E-state index contributed by atoms with van der Waals surface area (Å²) >= 11 is 9.87. The Kier molecular flexibility index (Phi) is 2.05. The Morgan fingerprint density at radius 2 is 1.86 bits per heavy atom. The topological polar surface area (TPSA) is 52.3 Å². The van der Waals surface area contributed by atoms with Crippen LogP contribution in [0.1, 0.15) is 21.5 Å². The highest BCUT2D eigenvalue weighted by molar-refractivity contribution is 7.82. The van der Waals surface area contributed by atoms with Gasteiger partial charge in [0.1, 0.15) is 0 Å². The fraction of sp³-hybridized carbons (Fsp3) is 0. The second-order valence-corrected chi connectivity index (χ2v) is 3.54. The summed E-state index contributed by atoms with van der Waals surface area (Å²) in [5.41, 5.74) is 6.95. The number of rotatable bonds is 1. The molecule has 70 valence electrons. The highest BCUT2D eigenvalue weighted by Gasteiger charge is 2.23. The Balaban J connectivity index is 2.61. The van der Waals surface area contributed by atoms with Crippen LogP contribution in [-0.2, 0) is 4.74 Å². The molecule has 2 N–H and O–H groups in total. The van der Waals surface area contributed by atoms with Gasteiger partial charge >= 0.3 is 0 Å². The molecule has 0 spiro atoms. The Morgan fingerprint density at radius 1 is 1.21 bits per heavy atom. The van der Waals surface area contributed by atoms with Crippen LogP contribution in [-0.4, -0.2) is 16.0 Å². The van der Waals surface area contributed by atoms with Crippen LogP contribution in [0.3, 0.4) is 0 Å². The second kappa shape index (κ2) is 3.11. The third-order valence-electron chi connectivity index (χ3n) is 1.93. The van der Waals surface area contributed by atoms with E-state index in [9.17, 15) is 4.79 Å². The first-order valence-electron chi connectivity index (χ1n) is 3.80. The van der Waals surface area contributed by atoms with Gasteiger partial charge in [0, 0.05) is 16.7 Å². The lowest BCUT2D eigenvalue weighted by molar-refractivity contribution is 0.100.